The summed E-state index contributed by atoms with van der Waals surface area (Å²) in [4.78, 5) is 19.2. The van der Waals surface area contributed by atoms with Crippen LogP contribution in [0.25, 0.3) is 0 Å². The summed E-state index contributed by atoms with van der Waals surface area (Å²) in [6.45, 7) is 3.09. The summed E-state index contributed by atoms with van der Waals surface area (Å²) in [5.74, 6) is 2.65. The molecule has 5 rings (SSSR count). The van der Waals surface area contributed by atoms with E-state index in [1.54, 1.807) is 11.1 Å². The summed E-state index contributed by atoms with van der Waals surface area (Å²) in [5, 5.41) is 8.98. The quantitative estimate of drug-likeness (QED) is 0.700. The number of allylic oxidation sites excluding steroid dienone is 1. The van der Waals surface area contributed by atoms with E-state index in [1.807, 2.05) is 24.3 Å². The predicted molar refractivity (Wildman–Crippen MR) is 104 cm³/mol. The van der Waals surface area contributed by atoms with Crippen LogP contribution in [0.2, 0.25) is 0 Å². The van der Waals surface area contributed by atoms with E-state index in [0.29, 0.717) is 19.5 Å². The lowest BCUT2D eigenvalue weighted by Gasteiger charge is -2.57. The van der Waals surface area contributed by atoms with Crippen molar-refractivity contribution in [3.8, 4) is 6.07 Å². The number of hydrogen-bond acceptors (Lipinski definition) is 3. The molecule has 27 heavy (non-hydrogen) atoms. The fourth-order valence-corrected chi connectivity index (χ4v) is 6.16. The van der Waals surface area contributed by atoms with Crippen molar-refractivity contribution in [3.05, 3.63) is 41.7 Å². The number of amides is 1. The first-order valence-electron chi connectivity index (χ1n) is 10.3. The molecule has 0 saturated heterocycles. The number of carbonyl (C=O) groups is 1. The van der Waals surface area contributed by atoms with Crippen LogP contribution in [-0.4, -0.2) is 22.3 Å². The zero-order chi connectivity index (χ0) is 18.9. The van der Waals surface area contributed by atoms with Gasteiger partial charge in [0.1, 0.15) is 0 Å². The van der Waals surface area contributed by atoms with Crippen LogP contribution in [0.1, 0.15) is 57.6 Å². The van der Waals surface area contributed by atoms with E-state index in [-0.39, 0.29) is 11.3 Å². The van der Waals surface area contributed by atoms with Gasteiger partial charge in [0.05, 0.1) is 24.7 Å². The highest BCUT2D eigenvalue weighted by molar-refractivity contribution is 5.88. The summed E-state index contributed by atoms with van der Waals surface area (Å²) in [5.41, 5.74) is 2.40. The summed E-state index contributed by atoms with van der Waals surface area (Å²) in [6, 6.07) is 7.91. The minimum Gasteiger partial charge on any atom is -0.332 e. The Hall–Kier alpha value is -2.15. The summed E-state index contributed by atoms with van der Waals surface area (Å²) < 4.78 is 0. The third-order valence-electron chi connectivity index (χ3n) is 7.10. The van der Waals surface area contributed by atoms with Gasteiger partial charge in [0.2, 0.25) is 5.91 Å². The fourth-order valence-electron chi connectivity index (χ4n) is 6.16. The number of aromatic nitrogens is 1. The van der Waals surface area contributed by atoms with Crippen molar-refractivity contribution < 1.29 is 4.79 Å². The van der Waals surface area contributed by atoms with Crippen molar-refractivity contribution in [2.24, 2.45) is 23.2 Å². The third-order valence-corrected chi connectivity index (χ3v) is 7.10. The number of pyridine rings is 1. The molecule has 1 amide bonds. The second kappa shape index (κ2) is 7.46. The van der Waals surface area contributed by atoms with Crippen molar-refractivity contribution in [3.63, 3.8) is 0 Å². The molecular formula is C23H29N3O. The predicted octanol–water partition coefficient (Wildman–Crippen LogP) is 4.49. The van der Waals surface area contributed by atoms with Gasteiger partial charge in [-0.25, -0.2) is 0 Å². The molecule has 4 fully saturated rings. The minimum atomic E-state index is 0.0316. The molecule has 4 nitrogen and oxygen atoms in total. The van der Waals surface area contributed by atoms with E-state index in [2.05, 4.69) is 18.0 Å². The first kappa shape index (κ1) is 18.2. The molecule has 0 atom stereocenters. The molecule has 0 unspecified atom stereocenters. The maximum Gasteiger partial charge on any atom is 0.246 e. The normalized spacial score (nSPS) is 31.6. The molecule has 4 aliphatic carbocycles. The van der Waals surface area contributed by atoms with Crippen LogP contribution >= 0.6 is 0 Å². The van der Waals surface area contributed by atoms with E-state index >= 15 is 0 Å². The standard InChI is InChI=1S/C23H29N3O/c1-17(23-13-18-10-19(14-23)12-20(11-18)15-23)9-22(27)26(8-4-6-24)16-21-5-2-3-7-25-21/h2-3,5,7,9,18-20H,4,8,10-16H2,1H3. The summed E-state index contributed by atoms with van der Waals surface area (Å²) in [6.07, 6.45) is 12.0. The first-order chi connectivity index (χ1) is 13.1. The van der Waals surface area contributed by atoms with E-state index in [9.17, 15) is 4.79 Å². The number of hydrogen-bond donors (Lipinski definition) is 0. The van der Waals surface area contributed by atoms with Gasteiger partial charge in [-0.05, 0) is 80.8 Å². The Morgan fingerprint density at radius 2 is 1.93 bits per heavy atom. The van der Waals surface area contributed by atoms with Crippen molar-refractivity contribution in [2.75, 3.05) is 6.54 Å². The van der Waals surface area contributed by atoms with Crippen LogP contribution in [0.4, 0.5) is 0 Å². The largest absolute Gasteiger partial charge is 0.332 e. The molecule has 4 bridgehead atoms. The van der Waals surface area contributed by atoms with Gasteiger partial charge in [0.25, 0.3) is 0 Å². The van der Waals surface area contributed by atoms with Crippen LogP contribution in [0.3, 0.4) is 0 Å². The molecule has 142 valence electrons. The molecular weight excluding hydrogens is 334 g/mol. The lowest BCUT2D eigenvalue weighted by Crippen LogP contribution is -2.46. The monoisotopic (exact) mass is 363 g/mol. The molecule has 0 N–H and O–H groups in total. The number of nitrogens with zero attached hydrogens (tertiary/aromatic N) is 3. The molecule has 4 heteroatoms. The molecule has 0 spiro atoms. The molecule has 0 aromatic carbocycles. The second-order valence-corrected chi connectivity index (χ2v) is 9.01. The highest BCUT2D eigenvalue weighted by atomic mass is 16.2. The average molecular weight is 364 g/mol. The topological polar surface area (TPSA) is 57.0 Å². The molecule has 0 radical (unpaired) electrons. The van der Waals surface area contributed by atoms with Gasteiger partial charge in [-0.3, -0.25) is 9.78 Å². The zero-order valence-corrected chi connectivity index (χ0v) is 16.2. The van der Waals surface area contributed by atoms with E-state index < -0.39 is 0 Å². The lowest BCUT2D eigenvalue weighted by molar-refractivity contribution is -0.126. The molecule has 1 aromatic rings. The first-order valence-corrected chi connectivity index (χ1v) is 10.3. The van der Waals surface area contributed by atoms with E-state index in [4.69, 9.17) is 5.26 Å². The molecule has 1 aromatic heterocycles. The summed E-state index contributed by atoms with van der Waals surface area (Å²) in [7, 11) is 0. The molecule has 1 heterocycles. The Bertz CT molecular complexity index is 726. The lowest BCUT2D eigenvalue weighted by atomic mass is 9.48. The Kier molecular flexibility index (Phi) is 5.04. The van der Waals surface area contributed by atoms with E-state index in [0.717, 1.165) is 23.4 Å². The zero-order valence-electron chi connectivity index (χ0n) is 16.2. The smallest absolute Gasteiger partial charge is 0.246 e. The number of rotatable bonds is 6. The minimum absolute atomic E-state index is 0.0316. The van der Waals surface area contributed by atoms with Gasteiger partial charge in [0.15, 0.2) is 0 Å². The van der Waals surface area contributed by atoms with Crippen LogP contribution in [0.5, 0.6) is 0 Å². The maximum atomic E-state index is 13.1. The van der Waals surface area contributed by atoms with Crippen LogP contribution in [0, 0.1) is 34.5 Å². The van der Waals surface area contributed by atoms with Gasteiger partial charge < -0.3 is 4.90 Å². The SMILES string of the molecule is CC(=CC(=O)N(CCC#N)Cc1ccccn1)C12CC3CC(CC(C3)C1)C2. The average Bonchev–Trinajstić information content (AvgIpc) is 2.64. The van der Waals surface area contributed by atoms with Crippen LogP contribution in [0.15, 0.2) is 36.0 Å². The Morgan fingerprint density at radius 3 is 2.48 bits per heavy atom. The summed E-state index contributed by atoms with van der Waals surface area (Å²) >= 11 is 0. The molecule has 0 aliphatic heterocycles. The van der Waals surface area contributed by atoms with Crippen molar-refractivity contribution in [1.29, 1.82) is 5.26 Å². The van der Waals surface area contributed by atoms with Gasteiger partial charge in [-0.2, -0.15) is 5.26 Å². The maximum absolute atomic E-state index is 13.1. The third kappa shape index (κ3) is 3.78. The van der Waals surface area contributed by atoms with Crippen molar-refractivity contribution in [1.82, 2.24) is 9.88 Å². The Morgan fingerprint density at radius 1 is 1.26 bits per heavy atom. The fraction of sp³-hybridized carbons (Fsp3) is 0.609. The Labute approximate surface area is 162 Å². The van der Waals surface area contributed by atoms with E-state index in [1.165, 1.54) is 44.1 Å². The van der Waals surface area contributed by atoms with Crippen molar-refractivity contribution in [2.45, 2.75) is 58.4 Å². The van der Waals surface area contributed by atoms with Gasteiger partial charge >= 0.3 is 0 Å². The molecule has 4 aliphatic rings. The number of carbonyl (C=O) groups excluding carboxylic acids is 1. The second-order valence-electron chi connectivity index (χ2n) is 9.01. The molecule has 4 saturated carbocycles. The van der Waals surface area contributed by atoms with Gasteiger partial charge in [-0.1, -0.05) is 11.6 Å². The van der Waals surface area contributed by atoms with Crippen molar-refractivity contribution >= 4 is 5.91 Å². The van der Waals surface area contributed by atoms with Crippen LogP contribution in [-0.2, 0) is 11.3 Å². The highest BCUT2D eigenvalue weighted by Gasteiger charge is 2.51. The number of nitriles is 1. The van der Waals surface area contributed by atoms with Crippen LogP contribution < -0.4 is 0 Å². The van der Waals surface area contributed by atoms with Gasteiger partial charge in [-0.15, -0.1) is 0 Å². The van der Waals surface area contributed by atoms with Gasteiger partial charge in [0, 0.05) is 18.8 Å². The highest BCUT2D eigenvalue weighted by Crippen LogP contribution is 2.62. The Balaban J connectivity index is 1.51.